The fraction of sp³-hybridized carbons (Fsp3) is 0.800. The molecule has 0 aromatic rings. The molecule has 18 heavy (non-hydrogen) atoms. The number of fused-ring (bicyclic) bond motifs is 5. The summed E-state index contributed by atoms with van der Waals surface area (Å²) in [6.45, 7) is 0. The van der Waals surface area contributed by atoms with Gasteiger partial charge in [0.25, 0.3) is 0 Å². The normalized spacial score (nSPS) is 57.3. The third-order valence-corrected chi connectivity index (χ3v) is 9.79. The van der Waals surface area contributed by atoms with Gasteiger partial charge in [0, 0.05) is 5.92 Å². The second-order valence-electron chi connectivity index (χ2n) is 4.95. The summed E-state index contributed by atoms with van der Waals surface area (Å²) in [5, 5.41) is -0.259. The number of hydrogen-bond acceptors (Lipinski definition) is 0. The van der Waals surface area contributed by atoms with Crippen LogP contribution in [-0.2, 0) is 0 Å². The fourth-order valence-corrected chi connectivity index (χ4v) is 7.46. The van der Waals surface area contributed by atoms with Crippen molar-refractivity contribution in [1.82, 2.24) is 0 Å². The summed E-state index contributed by atoms with van der Waals surface area (Å²) < 4.78 is -1.50. The molecule has 0 amide bonds. The van der Waals surface area contributed by atoms with Gasteiger partial charge in [0.15, 0.2) is 4.33 Å². The monoisotopic (exact) mass is 406 g/mol. The highest BCUT2D eigenvalue weighted by Crippen LogP contribution is 2.79. The molecule has 2 bridgehead atoms. The van der Waals surface area contributed by atoms with Crippen LogP contribution in [-0.4, -0.2) is 24.8 Å². The molecule has 0 saturated heterocycles. The van der Waals surface area contributed by atoms with Crippen LogP contribution in [0.3, 0.4) is 0 Å². The molecule has 1 unspecified atom stereocenters. The van der Waals surface area contributed by atoms with Crippen LogP contribution in [0.15, 0.2) is 10.1 Å². The van der Waals surface area contributed by atoms with Crippen molar-refractivity contribution in [1.29, 1.82) is 0 Å². The van der Waals surface area contributed by atoms with Gasteiger partial charge in [0.1, 0.15) is 9.75 Å². The Morgan fingerprint density at radius 3 is 1.94 bits per heavy atom. The Morgan fingerprint density at radius 1 is 0.889 bits per heavy atom. The maximum absolute atomic E-state index is 6.62. The maximum Gasteiger partial charge on any atom is 0.166 e. The smallest absolute Gasteiger partial charge is 0.121 e. The standard InChI is InChI=1S/C10H6Cl8/c11-3-1-2-4(5(3)12)9(16)7(14)6(13)8(2,15)10(9,17)18/h2-5H,1H2/t2-,3+,4-,5-,8?,9-/m0/s1. The molecule has 0 heterocycles. The zero-order chi connectivity index (χ0) is 13.7. The molecule has 0 aliphatic heterocycles. The van der Waals surface area contributed by atoms with Crippen molar-refractivity contribution in [2.75, 3.05) is 0 Å². The zero-order valence-corrected chi connectivity index (χ0v) is 14.6. The van der Waals surface area contributed by atoms with Crippen molar-refractivity contribution < 1.29 is 0 Å². The minimum Gasteiger partial charge on any atom is -0.121 e. The summed E-state index contributed by atoms with van der Waals surface area (Å²) in [6.07, 6.45) is 0.555. The molecule has 0 spiro atoms. The lowest BCUT2D eigenvalue weighted by molar-refractivity contribution is 0.385. The highest BCUT2D eigenvalue weighted by atomic mass is 35.5. The van der Waals surface area contributed by atoms with Gasteiger partial charge in [-0.2, -0.15) is 0 Å². The SMILES string of the molecule is ClC1=C(Cl)[C@@]2(Cl)[C@@H]3[C@@H](Cl)[C@H](Cl)C[C@@H]3C1(Cl)C2(Cl)Cl. The Bertz CT molecular complexity index is 459. The van der Waals surface area contributed by atoms with Gasteiger partial charge in [0.05, 0.1) is 20.8 Å². The minimum absolute atomic E-state index is 0.184. The van der Waals surface area contributed by atoms with E-state index in [0.717, 1.165) is 0 Å². The van der Waals surface area contributed by atoms with E-state index in [9.17, 15) is 0 Å². The first-order valence-electron chi connectivity index (χ1n) is 5.21. The maximum atomic E-state index is 6.62. The molecule has 3 rings (SSSR count). The van der Waals surface area contributed by atoms with Crippen molar-refractivity contribution in [2.24, 2.45) is 11.8 Å². The molecular weight excluding hydrogens is 404 g/mol. The van der Waals surface area contributed by atoms with Crippen LogP contribution in [0.1, 0.15) is 6.42 Å². The van der Waals surface area contributed by atoms with Gasteiger partial charge in [-0.3, -0.25) is 0 Å². The van der Waals surface area contributed by atoms with E-state index in [-0.39, 0.29) is 27.3 Å². The Balaban J connectivity index is 2.26. The number of rotatable bonds is 0. The Hall–Kier alpha value is 2.06. The molecule has 6 atom stereocenters. The van der Waals surface area contributed by atoms with Gasteiger partial charge in [-0.25, -0.2) is 0 Å². The fourth-order valence-electron chi connectivity index (χ4n) is 3.48. The Kier molecular flexibility index (Phi) is 3.39. The van der Waals surface area contributed by atoms with Crippen LogP contribution < -0.4 is 0 Å². The van der Waals surface area contributed by atoms with E-state index >= 15 is 0 Å². The molecule has 102 valence electrons. The predicted molar refractivity (Wildman–Crippen MR) is 81.2 cm³/mol. The van der Waals surface area contributed by atoms with Crippen LogP contribution in [0.5, 0.6) is 0 Å². The number of allylic oxidation sites excluding steroid dienone is 2. The average Bonchev–Trinajstić information content (AvgIpc) is 2.69. The highest BCUT2D eigenvalue weighted by Gasteiger charge is 2.84. The topological polar surface area (TPSA) is 0 Å². The molecule has 2 saturated carbocycles. The average molecular weight is 410 g/mol. The quantitative estimate of drug-likeness (QED) is 0.451. The second-order valence-corrected chi connectivity index (χ2v) is 9.29. The van der Waals surface area contributed by atoms with Crippen molar-refractivity contribution in [3.63, 3.8) is 0 Å². The lowest BCUT2D eigenvalue weighted by Gasteiger charge is -2.35. The van der Waals surface area contributed by atoms with Gasteiger partial charge < -0.3 is 0 Å². The summed E-state index contributed by atoms with van der Waals surface area (Å²) in [6, 6.07) is 0. The Labute approximate surface area is 145 Å². The van der Waals surface area contributed by atoms with Crippen LogP contribution in [0, 0.1) is 11.8 Å². The molecule has 0 nitrogen and oxygen atoms in total. The van der Waals surface area contributed by atoms with Gasteiger partial charge in [0.2, 0.25) is 0 Å². The van der Waals surface area contributed by atoms with Gasteiger partial charge in [-0.05, 0) is 12.3 Å². The van der Waals surface area contributed by atoms with E-state index in [1.807, 2.05) is 0 Å². The van der Waals surface area contributed by atoms with Crippen molar-refractivity contribution in [3.8, 4) is 0 Å². The van der Waals surface area contributed by atoms with E-state index in [1.165, 1.54) is 0 Å². The van der Waals surface area contributed by atoms with Crippen LogP contribution in [0.4, 0.5) is 0 Å². The molecule has 0 radical (unpaired) electrons. The van der Waals surface area contributed by atoms with E-state index in [4.69, 9.17) is 92.8 Å². The minimum atomic E-state index is -1.50. The molecule has 3 aliphatic rings. The first kappa shape index (κ1) is 15.0. The molecule has 0 aromatic heterocycles. The van der Waals surface area contributed by atoms with E-state index in [2.05, 4.69) is 0 Å². The lowest BCUT2D eigenvalue weighted by Crippen LogP contribution is -2.47. The van der Waals surface area contributed by atoms with Crippen LogP contribution >= 0.6 is 92.8 Å². The van der Waals surface area contributed by atoms with Crippen LogP contribution in [0.25, 0.3) is 0 Å². The molecule has 8 heteroatoms. The summed E-state index contributed by atoms with van der Waals surface area (Å²) in [5.41, 5.74) is 0. The zero-order valence-electron chi connectivity index (χ0n) is 8.54. The lowest BCUT2D eigenvalue weighted by atomic mass is 9.84. The molecule has 0 aromatic carbocycles. The predicted octanol–water partition coefficient (Wildman–Crippen LogP) is 5.68. The first-order chi connectivity index (χ1) is 8.11. The molecule has 3 aliphatic carbocycles. The van der Waals surface area contributed by atoms with Gasteiger partial charge in [-0.15, -0.1) is 46.4 Å². The first-order valence-corrected chi connectivity index (χ1v) is 8.35. The van der Waals surface area contributed by atoms with Gasteiger partial charge >= 0.3 is 0 Å². The van der Waals surface area contributed by atoms with E-state index < -0.39 is 19.5 Å². The largest absolute Gasteiger partial charge is 0.166 e. The van der Waals surface area contributed by atoms with Crippen LogP contribution in [0.2, 0.25) is 0 Å². The summed E-state index contributed by atoms with van der Waals surface area (Å²) in [5.74, 6) is -0.488. The van der Waals surface area contributed by atoms with Gasteiger partial charge in [-0.1, -0.05) is 46.4 Å². The summed E-state index contributed by atoms with van der Waals surface area (Å²) >= 11 is 51.0. The van der Waals surface area contributed by atoms with Crippen molar-refractivity contribution >= 4 is 92.8 Å². The molecular formula is C10H6Cl8. The number of halogens is 8. The van der Waals surface area contributed by atoms with E-state index in [0.29, 0.717) is 6.42 Å². The van der Waals surface area contributed by atoms with E-state index in [1.54, 1.807) is 0 Å². The molecule has 2 fully saturated rings. The molecule has 0 N–H and O–H groups in total. The summed E-state index contributed by atoms with van der Waals surface area (Å²) in [4.78, 5) is -2.50. The summed E-state index contributed by atoms with van der Waals surface area (Å²) in [7, 11) is 0. The third-order valence-electron chi connectivity index (χ3n) is 4.32. The third kappa shape index (κ3) is 1.28. The van der Waals surface area contributed by atoms with Crippen molar-refractivity contribution in [3.05, 3.63) is 10.1 Å². The highest BCUT2D eigenvalue weighted by molar-refractivity contribution is 6.66. The second kappa shape index (κ2) is 4.07. The van der Waals surface area contributed by atoms with Crippen molar-refractivity contribution in [2.45, 2.75) is 31.3 Å². The number of hydrogen-bond donors (Lipinski definition) is 0. The number of alkyl halides is 6. The Morgan fingerprint density at radius 2 is 1.39 bits per heavy atom.